The Morgan fingerprint density at radius 2 is 1.96 bits per heavy atom. The summed E-state index contributed by atoms with van der Waals surface area (Å²) >= 11 is 0. The van der Waals surface area contributed by atoms with E-state index in [-0.39, 0.29) is 5.75 Å². The zero-order valence-corrected chi connectivity index (χ0v) is 15.2. The smallest absolute Gasteiger partial charge is 0.236 e. The van der Waals surface area contributed by atoms with Crippen LogP contribution in [-0.2, 0) is 22.2 Å². The fraction of sp³-hybridized carbons (Fsp3) is 0.263. The van der Waals surface area contributed by atoms with Gasteiger partial charge in [-0.1, -0.05) is 35.5 Å². The molecule has 6 nitrogen and oxygen atoms in total. The van der Waals surface area contributed by atoms with Crippen molar-refractivity contribution in [1.29, 1.82) is 0 Å². The standard InChI is InChI=1S/C19H18FN3O3S/c20-16-6-3-4-13(10-16)12-27(24,25)23-17-7-2-1-5-15(17)11-18-21-19(22-26-18)14-8-9-14/h1-7,10,14,23H,8-9,11-12H2. The van der Waals surface area contributed by atoms with Gasteiger partial charge in [-0.05, 0) is 42.2 Å². The first-order chi connectivity index (χ1) is 13.0. The number of hydrogen-bond acceptors (Lipinski definition) is 5. The fourth-order valence-corrected chi connectivity index (χ4v) is 4.06. The number of para-hydroxylation sites is 1. The highest BCUT2D eigenvalue weighted by Gasteiger charge is 2.28. The van der Waals surface area contributed by atoms with Gasteiger partial charge in [0, 0.05) is 5.92 Å². The summed E-state index contributed by atoms with van der Waals surface area (Å²) in [6.07, 6.45) is 2.49. The third kappa shape index (κ3) is 4.51. The van der Waals surface area contributed by atoms with E-state index in [1.54, 1.807) is 24.3 Å². The van der Waals surface area contributed by atoms with Crippen LogP contribution in [-0.4, -0.2) is 18.6 Å². The Labute approximate surface area is 156 Å². The lowest BCUT2D eigenvalue weighted by molar-refractivity contribution is 0.379. The van der Waals surface area contributed by atoms with Gasteiger partial charge in [-0.15, -0.1) is 0 Å². The maximum absolute atomic E-state index is 13.3. The van der Waals surface area contributed by atoms with Crippen molar-refractivity contribution < 1.29 is 17.3 Å². The number of halogens is 1. The van der Waals surface area contributed by atoms with Gasteiger partial charge < -0.3 is 4.52 Å². The minimum atomic E-state index is -3.70. The van der Waals surface area contributed by atoms with Gasteiger partial charge >= 0.3 is 0 Å². The molecule has 0 bridgehead atoms. The normalized spacial score (nSPS) is 14.3. The molecular formula is C19H18FN3O3S. The minimum Gasteiger partial charge on any atom is -0.339 e. The van der Waals surface area contributed by atoms with Crippen molar-refractivity contribution in [3.63, 3.8) is 0 Å². The van der Waals surface area contributed by atoms with E-state index >= 15 is 0 Å². The molecule has 1 saturated carbocycles. The summed E-state index contributed by atoms with van der Waals surface area (Å²) in [5.74, 6) is 0.780. The first kappa shape index (κ1) is 17.7. The summed E-state index contributed by atoms with van der Waals surface area (Å²) in [6.45, 7) is 0. The van der Waals surface area contributed by atoms with Crippen molar-refractivity contribution in [1.82, 2.24) is 10.1 Å². The van der Waals surface area contributed by atoms with Crippen molar-refractivity contribution in [2.24, 2.45) is 0 Å². The lowest BCUT2D eigenvalue weighted by atomic mass is 10.1. The van der Waals surface area contributed by atoms with Crippen LogP contribution in [0.15, 0.2) is 53.1 Å². The SMILES string of the molecule is O=S(=O)(Cc1cccc(F)c1)Nc1ccccc1Cc1nc(C2CC2)no1. The summed E-state index contributed by atoms with van der Waals surface area (Å²) in [5, 5.41) is 3.98. The number of rotatable bonds is 7. The van der Waals surface area contributed by atoms with Crippen LogP contribution in [0.4, 0.5) is 10.1 Å². The van der Waals surface area contributed by atoms with Gasteiger partial charge in [0.25, 0.3) is 0 Å². The van der Waals surface area contributed by atoms with Crippen LogP contribution in [0.3, 0.4) is 0 Å². The molecule has 1 aliphatic carbocycles. The van der Waals surface area contributed by atoms with Crippen LogP contribution in [0.2, 0.25) is 0 Å². The Morgan fingerprint density at radius 3 is 2.74 bits per heavy atom. The maximum Gasteiger partial charge on any atom is 0.236 e. The Kier molecular flexibility index (Phi) is 4.65. The van der Waals surface area contributed by atoms with E-state index in [9.17, 15) is 12.8 Å². The summed E-state index contributed by atoms with van der Waals surface area (Å²) in [7, 11) is -3.70. The molecule has 0 radical (unpaired) electrons. The molecule has 0 unspecified atom stereocenters. The predicted molar refractivity (Wildman–Crippen MR) is 98.2 cm³/mol. The van der Waals surface area contributed by atoms with E-state index < -0.39 is 15.8 Å². The fourth-order valence-electron chi connectivity index (χ4n) is 2.83. The number of benzene rings is 2. The quantitative estimate of drug-likeness (QED) is 0.669. The van der Waals surface area contributed by atoms with Crippen LogP contribution in [0.25, 0.3) is 0 Å². The van der Waals surface area contributed by atoms with Crippen LogP contribution < -0.4 is 4.72 Å². The van der Waals surface area contributed by atoms with Gasteiger partial charge in [-0.3, -0.25) is 4.72 Å². The van der Waals surface area contributed by atoms with Crippen LogP contribution >= 0.6 is 0 Å². The van der Waals surface area contributed by atoms with Crippen LogP contribution in [0.5, 0.6) is 0 Å². The second kappa shape index (κ2) is 7.11. The van der Waals surface area contributed by atoms with E-state index in [1.165, 1.54) is 18.2 Å². The molecule has 1 aromatic heterocycles. The first-order valence-corrected chi connectivity index (χ1v) is 10.3. The summed E-state index contributed by atoms with van der Waals surface area (Å²) in [4.78, 5) is 4.39. The molecule has 140 valence electrons. The van der Waals surface area contributed by atoms with E-state index in [2.05, 4.69) is 14.9 Å². The largest absolute Gasteiger partial charge is 0.339 e. The number of nitrogens with zero attached hydrogens (tertiary/aromatic N) is 2. The second-order valence-corrected chi connectivity index (χ2v) is 8.37. The molecule has 0 saturated heterocycles. The maximum atomic E-state index is 13.3. The van der Waals surface area contributed by atoms with Gasteiger partial charge in [0.2, 0.25) is 15.9 Å². The van der Waals surface area contributed by atoms with Crippen molar-refractivity contribution >= 4 is 15.7 Å². The third-order valence-electron chi connectivity index (χ3n) is 4.30. The number of hydrogen-bond donors (Lipinski definition) is 1. The second-order valence-electron chi connectivity index (χ2n) is 6.65. The van der Waals surface area contributed by atoms with E-state index in [0.717, 1.165) is 18.4 Å². The highest BCUT2D eigenvalue weighted by Crippen LogP contribution is 2.38. The average molecular weight is 387 g/mol. The molecule has 0 amide bonds. The molecule has 4 rings (SSSR count). The van der Waals surface area contributed by atoms with Gasteiger partial charge in [-0.25, -0.2) is 12.8 Å². The number of nitrogens with one attached hydrogen (secondary N) is 1. The monoisotopic (exact) mass is 387 g/mol. The zero-order chi connectivity index (χ0) is 18.9. The van der Waals surface area contributed by atoms with Gasteiger partial charge in [0.15, 0.2) is 5.82 Å². The minimum absolute atomic E-state index is 0.314. The Morgan fingerprint density at radius 1 is 1.15 bits per heavy atom. The van der Waals surface area contributed by atoms with Gasteiger partial charge in [0.05, 0.1) is 17.9 Å². The average Bonchev–Trinajstić information content (AvgIpc) is 3.36. The molecule has 0 spiro atoms. The highest BCUT2D eigenvalue weighted by molar-refractivity contribution is 7.91. The summed E-state index contributed by atoms with van der Waals surface area (Å²) < 4.78 is 46.2. The number of anilines is 1. The van der Waals surface area contributed by atoms with Crippen molar-refractivity contribution in [3.05, 3.63) is 77.2 Å². The molecule has 1 fully saturated rings. The summed E-state index contributed by atoms with van der Waals surface area (Å²) in [5.41, 5.74) is 1.55. The molecular weight excluding hydrogens is 369 g/mol. The summed E-state index contributed by atoms with van der Waals surface area (Å²) in [6, 6.07) is 12.6. The van der Waals surface area contributed by atoms with Crippen LogP contribution in [0, 0.1) is 5.82 Å². The van der Waals surface area contributed by atoms with Gasteiger partial charge in [-0.2, -0.15) is 4.98 Å². The third-order valence-corrected chi connectivity index (χ3v) is 5.54. The van der Waals surface area contributed by atoms with E-state index in [0.29, 0.717) is 35.3 Å². The molecule has 1 N–H and O–H groups in total. The van der Waals surface area contributed by atoms with E-state index in [4.69, 9.17) is 4.52 Å². The molecule has 8 heteroatoms. The lowest BCUT2D eigenvalue weighted by Crippen LogP contribution is -2.16. The lowest BCUT2D eigenvalue weighted by Gasteiger charge is -2.12. The highest BCUT2D eigenvalue weighted by atomic mass is 32.2. The van der Waals surface area contributed by atoms with Crippen molar-refractivity contribution in [3.8, 4) is 0 Å². The molecule has 0 aliphatic heterocycles. The Hall–Kier alpha value is -2.74. The van der Waals surface area contributed by atoms with Crippen molar-refractivity contribution in [2.75, 3.05) is 4.72 Å². The molecule has 2 aromatic carbocycles. The molecule has 27 heavy (non-hydrogen) atoms. The molecule has 3 aromatic rings. The van der Waals surface area contributed by atoms with Gasteiger partial charge in [0.1, 0.15) is 5.82 Å². The van der Waals surface area contributed by atoms with Crippen LogP contribution in [0.1, 0.15) is 41.6 Å². The number of aromatic nitrogens is 2. The Balaban J connectivity index is 1.51. The van der Waals surface area contributed by atoms with E-state index in [1.807, 2.05) is 6.07 Å². The molecule has 0 atom stereocenters. The Bertz CT molecular complexity index is 1060. The molecule has 1 aliphatic rings. The number of sulfonamides is 1. The van der Waals surface area contributed by atoms with Crippen molar-refractivity contribution in [2.45, 2.75) is 30.9 Å². The first-order valence-electron chi connectivity index (χ1n) is 8.64. The topological polar surface area (TPSA) is 85.1 Å². The predicted octanol–water partition coefficient (Wildman–Crippen LogP) is 3.62. The zero-order valence-electron chi connectivity index (χ0n) is 14.4. The molecule has 1 heterocycles.